The molecule has 0 saturated carbocycles. The average Bonchev–Trinajstić information content (AvgIpc) is 2.78. The Morgan fingerprint density at radius 3 is 2.32 bits per heavy atom. The molecule has 5 nitrogen and oxygen atoms in total. The number of aliphatic hydroxyl groups excluding tert-OH is 1. The van der Waals surface area contributed by atoms with Crippen molar-refractivity contribution >= 4 is 51.7 Å². The third-order valence-corrected chi connectivity index (χ3v) is 5.68. The maximum absolute atomic E-state index is 12.5. The summed E-state index contributed by atoms with van der Waals surface area (Å²) in [5.41, 5.74) is 3.70. The molecule has 0 fully saturated rings. The van der Waals surface area contributed by atoms with E-state index in [9.17, 15) is 9.59 Å². The van der Waals surface area contributed by atoms with Gasteiger partial charge in [-0.15, -0.1) is 0 Å². The van der Waals surface area contributed by atoms with Crippen LogP contribution in [0.5, 0.6) is 0 Å². The van der Waals surface area contributed by atoms with Gasteiger partial charge in [-0.2, -0.15) is 0 Å². The van der Waals surface area contributed by atoms with Crippen LogP contribution in [0.2, 0.25) is 0 Å². The van der Waals surface area contributed by atoms with Gasteiger partial charge in [0.2, 0.25) is 0 Å². The number of aliphatic hydroxyl groups is 1. The third-order valence-electron chi connectivity index (χ3n) is 4.74. The molecule has 0 aromatic heterocycles. The second-order valence-electron chi connectivity index (χ2n) is 6.95. The molecule has 0 aliphatic carbocycles. The minimum Gasteiger partial charge on any atom is -0.395 e. The number of hydrogen-bond donors (Lipinski definition) is 2. The second-order valence-corrected chi connectivity index (χ2v) is 8.11. The van der Waals surface area contributed by atoms with E-state index in [2.05, 4.69) is 27.9 Å². The molecule has 0 aliphatic rings. The Hall–Kier alpha value is -2.97. The van der Waals surface area contributed by atoms with Gasteiger partial charge in [-0.05, 0) is 82.8 Å². The molecule has 3 aromatic rings. The lowest BCUT2D eigenvalue weighted by Gasteiger charge is -2.17. The van der Waals surface area contributed by atoms with Gasteiger partial charge in [0.05, 0.1) is 12.2 Å². The highest BCUT2D eigenvalue weighted by Gasteiger charge is 2.10. The zero-order valence-electron chi connectivity index (χ0n) is 17.1. The summed E-state index contributed by atoms with van der Waals surface area (Å²) in [4.78, 5) is 26.8. The molecule has 1 amide bonds. The number of amides is 1. The molecule has 3 rings (SSSR count). The fourth-order valence-electron chi connectivity index (χ4n) is 2.95. The molecule has 3 aromatic carbocycles. The number of ketones is 1. The summed E-state index contributed by atoms with van der Waals surface area (Å²) in [6, 6.07) is 22.0. The Bertz CT molecular complexity index is 1080. The van der Waals surface area contributed by atoms with Crippen molar-refractivity contribution < 1.29 is 14.7 Å². The molecule has 0 saturated heterocycles. The number of anilines is 2. The fraction of sp³-hybridized carbons (Fsp3) is 0.120. The average molecular weight is 526 g/mol. The largest absolute Gasteiger partial charge is 0.395 e. The lowest BCUT2D eigenvalue weighted by Crippen LogP contribution is -2.20. The highest BCUT2D eigenvalue weighted by molar-refractivity contribution is 14.1. The van der Waals surface area contributed by atoms with Gasteiger partial charge in [0.15, 0.2) is 5.78 Å². The topological polar surface area (TPSA) is 69.6 Å². The van der Waals surface area contributed by atoms with Crippen molar-refractivity contribution in [1.29, 1.82) is 0 Å². The lowest BCUT2D eigenvalue weighted by molar-refractivity contribution is 0.102. The van der Waals surface area contributed by atoms with Gasteiger partial charge in [-0.3, -0.25) is 9.59 Å². The van der Waals surface area contributed by atoms with Crippen molar-refractivity contribution in [3.8, 4) is 0 Å². The van der Waals surface area contributed by atoms with E-state index in [4.69, 9.17) is 5.11 Å². The Morgan fingerprint density at radius 2 is 1.68 bits per heavy atom. The maximum Gasteiger partial charge on any atom is 0.256 e. The van der Waals surface area contributed by atoms with Gasteiger partial charge in [-0.1, -0.05) is 30.3 Å². The normalized spacial score (nSPS) is 10.8. The molecule has 0 atom stereocenters. The van der Waals surface area contributed by atoms with Crippen LogP contribution >= 0.6 is 22.6 Å². The summed E-state index contributed by atoms with van der Waals surface area (Å²) < 4.78 is 0.877. The zero-order chi connectivity index (χ0) is 22.2. The summed E-state index contributed by atoms with van der Waals surface area (Å²) in [7, 11) is 1.91. The predicted molar refractivity (Wildman–Crippen MR) is 134 cm³/mol. The van der Waals surface area contributed by atoms with Crippen LogP contribution in [0.1, 0.15) is 26.3 Å². The Morgan fingerprint density at radius 1 is 1.00 bits per heavy atom. The van der Waals surface area contributed by atoms with Crippen LogP contribution in [0, 0.1) is 3.57 Å². The molecule has 0 unspecified atom stereocenters. The Labute approximate surface area is 195 Å². The van der Waals surface area contributed by atoms with E-state index in [1.165, 1.54) is 6.08 Å². The number of nitrogens with one attached hydrogen (secondary N) is 1. The first kappa shape index (κ1) is 22.7. The van der Waals surface area contributed by atoms with E-state index < -0.39 is 0 Å². The van der Waals surface area contributed by atoms with Crippen LogP contribution in [0.4, 0.5) is 11.4 Å². The summed E-state index contributed by atoms with van der Waals surface area (Å²) in [5, 5.41) is 11.9. The van der Waals surface area contributed by atoms with Crippen molar-refractivity contribution in [3.63, 3.8) is 0 Å². The number of nitrogens with zero attached hydrogens (tertiary/aromatic N) is 1. The van der Waals surface area contributed by atoms with E-state index >= 15 is 0 Å². The van der Waals surface area contributed by atoms with E-state index in [1.807, 2.05) is 54.4 Å². The van der Waals surface area contributed by atoms with Gasteiger partial charge in [0, 0.05) is 34.1 Å². The number of allylic oxidation sites excluding steroid dienone is 1. The molecule has 31 heavy (non-hydrogen) atoms. The third kappa shape index (κ3) is 6.26. The number of likely N-dealkylation sites (N-methyl/N-ethyl adjacent to an activating group) is 1. The minimum absolute atomic E-state index is 0.0979. The predicted octanol–water partition coefficient (Wildman–Crippen LogP) is 4.87. The van der Waals surface area contributed by atoms with Crippen LogP contribution in [0.15, 0.2) is 78.9 Å². The van der Waals surface area contributed by atoms with Crippen molar-refractivity contribution in [2.24, 2.45) is 0 Å². The van der Waals surface area contributed by atoms with Crippen LogP contribution in [-0.4, -0.2) is 37.0 Å². The van der Waals surface area contributed by atoms with Crippen molar-refractivity contribution in [2.45, 2.75) is 0 Å². The number of carbonyl (C=O) groups is 2. The zero-order valence-corrected chi connectivity index (χ0v) is 19.2. The number of rotatable bonds is 8. The highest BCUT2D eigenvalue weighted by Crippen LogP contribution is 2.17. The first-order chi connectivity index (χ1) is 15.0. The molecule has 0 heterocycles. The van der Waals surface area contributed by atoms with Crippen molar-refractivity contribution in [1.82, 2.24) is 0 Å². The Balaban J connectivity index is 1.61. The van der Waals surface area contributed by atoms with E-state index in [1.54, 1.807) is 36.4 Å². The quantitative estimate of drug-likeness (QED) is 0.250. The standard InChI is InChI=1S/C25H23IN2O3/c1-28(16-17-29)21-13-6-18(7-14-21)8-15-24(30)19-9-11-20(12-10-19)27-25(31)22-4-2-3-5-23(22)26/h2-15,29H,16-17H2,1H3,(H,27,31)/b15-8+. The molecule has 0 aliphatic heterocycles. The Kier molecular flexibility index (Phi) is 7.97. The summed E-state index contributed by atoms with van der Waals surface area (Å²) in [6.07, 6.45) is 3.30. The van der Waals surface area contributed by atoms with Crippen LogP contribution < -0.4 is 10.2 Å². The van der Waals surface area contributed by atoms with Crippen LogP contribution in [-0.2, 0) is 0 Å². The molecular formula is C25H23IN2O3. The molecule has 0 bridgehead atoms. The lowest BCUT2D eigenvalue weighted by atomic mass is 10.1. The molecule has 0 spiro atoms. The molecular weight excluding hydrogens is 503 g/mol. The number of carbonyl (C=O) groups excluding carboxylic acids is 2. The SMILES string of the molecule is CN(CCO)c1ccc(/C=C/C(=O)c2ccc(NC(=O)c3ccccc3I)cc2)cc1. The van der Waals surface area contributed by atoms with E-state index in [0.29, 0.717) is 23.4 Å². The van der Waals surface area contributed by atoms with Crippen molar-refractivity contribution in [2.75, 3.05) is 30.4 Å². The highest BCUT2D eigenvalue weighted by atomic mass is 127. The van der Waals surface area contributed by atoms with E-state index in [-0.39, 0.29) is 18.3 Å². The van der Waals surface area contributed by atoms with Crippen molar-refractivity contribution in [3.05, 3.63) is 99.1 Å². The first-order valence-electron chi connectivity index (χ1n) is 9.78. The molecule has 0 radical (unpaired) electrons. The fourth-order valence-corrected chi connectivity index (χ4v) is 3.58. The molecule has 2 N–H and O–H groups in total. The van der Waals surface area contributed by atoms with E-state index in [0.717, 1.165) is 14.8 Å². The van der Waals surface area contributed by atoms with Gasteiger partial charge in [0.1, 0.15) is 0 Å². The number of halogens is 1. The van der Waals surface area contributed by atoms with Gasteiger partial charge in [-0.25, -0.2) is 0 Å². The minimum atomic E-state index is -0.183. The van der Waals surface area contributed by atoms with Gasteiger partial charge in [0.25, 0.3) is 5.91 Å². The van der Waals surface area contributed by atoms with Crippen LogP contribution in [0.3, 0.4) is 0 Å². The second kappa shape index (κ2) is 10.9. The monoisotopic (exact) mass is 526 g/mol. The summed E-state index contributed by atoms with van der Waals surface area (Å²) in [5.74, 6) is -0.297. The van der Waals surface area contributed by atoms with Gasteiger partial charge < -0.3 is 15.3 Å². The summed E-state index contributed by atoms with van der Waals surface area (Å²) >= 11 is 2.13. The molecule has 6 heteroatoms. The van der Waals surface area contributed by atoms with Crippen LogP contribution in [0.25, 0.3) is 6.08 Å². The van der Waals surface area contributed by atoms with Gasteiger partial charge >= 0.3 is 0 Å². The number of benzene rings is 3. The molecule has 158 valence electrons. The summed E-state index contributed by atoms with van der Waals surface area (Å²) in [6.45, 7) is 0.662. The first-order valence-corrected chi connectivity index (χ1v) is 10.9. The maximum atomic E-state index is 12.5. The smallest absolute Gasteiger partial charge is 0.256 e. The number of hydrogen-bond acceptors (Lipinski definition) is 4.